The first-order valence-electron chi connectivity index (χ1n) is 6.80. The van der Waals surface area contributed by atoms with Crippen LogP contribution in [0.1, 0.15) is 29.6 Å². The second-order valence-corrected chi connectivity index (χ2v) is 4.82. The van der Waals surface area contributed by atoms with Crippen molar-refractivity contribution in [2.24, 2.45) is 10.7 Å². The predicted octanol–water partition coefficient (Wildman–Crippen LogP) is 3.39. The first-order chi connectivity index (χ1) is 9.58. The Hall–Kier alpha value is -2.23. The van der Waals surface area contributed by atoms with Crippen molar-refractivity contribution in [2.75, 3.05) is 5.32 Å². The van der Waals surface area contributed by atoms with Gasteiger partial charge in [-0.15, -0.1) is 0 Å². The number of nitrogens with one attached hydrogen (secondary N) is 1. The number of rotatable bonds is 4. The maximum atomic E-state index is 5.91. The van der Waals surface area contributed by atoms with Crippen LogP contribution >= 0.6 is 0 Å². The number of furan rings is 1. The first-order valence-corrected chi connectivity index (χ1v) is 6.80. The summed E-state index contributed by atoms with van der Waals surface area (Å²) in [7, 11) is 0. The summed E-state index contributed by atoms with van der Waals surface area (Å²) >= 11 is 0. The molecular weight excluding hydrogens is 250 g/mol. The molecule has 3 N–H and O–H groups in total. The highest BCUT2D eigenvalue weighted by Crippen LogP contribution is 2.15. The van der Waals surface area contributed by atoms with E-state index in [4.69, 9.17) is 10.2 Å². The number of hydrogen-bond acceptors (Lipinski definition) is 2. The third-order valence-electron chi connectivity index (χ3n) is 3.17. The zero-order valence-corrected chi connectivity index (χ0v) is 12.2. The average molecular weight is 271 g/mol. The molecule has 1 aromatic heterocycles. The Bertz CT molecular complexity index is 614. The first kappa shape index (κ1) is 14.2. The molecule has 2 rings (SSSR count). The largest absolute Gasteiger partial charge is 0.466 e. The minimum absolute atomic E-state index is 0.413. The highest BCUT2D eigenvalue weighted by molar-refractivity contribution is 5.92. The normalized spacial score (nSPS) is 11.7. The Morgan fingerprint density at radius 1 is 1.30 bits per heavy atom. The fourth-order valence-electron chi connectivity index (χ4n) is 2.07. The Morgan fingerprint density at radius 3 is 2.75 bits per heavy atom. The fourth-order valence-corrected chi connectivity index (χ4v) is 2.07. The number of anilines is 1. The molecule has 1 heterocycles. The van der Waals surface area contributed by atoms with Crippen molar-refractivity contribution in [3.8, 4) is 0 Å². The number of benzene rings is 1. The SMILES string of the molecule is CCc1cccc(NC(N)=NCc2cc(C)oc2C)c1. The molecule has 0 unspecified atom stereocenters. The number of hydrogen-bond donors (Lipinski definition) is 2. The molecular formula is C16H21N3O. The van der Waals surface area contributed by atoms with Crippen molar-refractivity contribution in [3.05, 3.63) is 53.0 Å². The minimum atomic E-state index is 0.413. The van der Waals surface area contributed by atoms with Crippen LogP contribution in [0.5, 0.6) is 0 Å². The molecule has 0 saturated carbocycles. The maximum absolute atomic E-state index is 5.91. The molecule has 0 atom stereocenters. The third-order valence-corrected chi connectivity index (χ3v) is 3.17. The maximum Gasteiger partial charge on any atom is 0.193 e. The molecule has 0 bridgehead atoms. The third kappa shape index (κ3) is 3.63. The van der Waals surface area contributed by atoms with Gasteiger partial charge in [0.05, 0.1) is 6.54 Å². The van der Waals surface area contributed by atoms with Crippen molar-refractivity contribution in [3.63, 3.8) is 0 Å². The summed E-state index contributed by atoms with van der Waals surface area (Å²) in [6.07, 6.45) is 1.00. The highest BCUT2D eigenvalue weighted by Gasteiger charge is 2.04. The van der Waals surface area contributed by atoms with Gasteiger partial charge in [-0.3, -0.25) is 0 Å². The zero-order valence-electron chi connectivity index (χ0n) is 12.2. The molecule has 0 amide bonds. The van der Waals surface area contributed by atoms with Crippen molar-refractivity contribution in [1.82, 2.24) is 0 Å². The summed E-state index contributed by atoms with van der Waals surface area (Å²) in [5.41, 5.74) is 9.21. The van der Waals surface area contributed by atoms with Crippen molar-refractivity contribution >= 4 is 11.6 Å². The molecule has 0 radical (unpaired) electrons. The van der Waals surface area contributed by atoms with Gasteiger partial charge in [-0.1, -0.05) is 19.1 Å². The summed E-state index contributed by atoms with van der Waals surface area (Å²) < 4.78 is 5.46. The zero-order chi connectivity index (χ0) is 14.5. The van der Waals surface area contributed by atoms with E-state index in [0.29, 0.717) is 12.5 Å². The Kier molecular flexibility index (Phi) is 4.45. The number of guanidine groups is 1. The molecule has 0 aliphatic carbocycles. The van der Waals surface area contributed by atoms with Gasteiger partial charge < -0.3 is 15.5 Å². The van der Waals surface area contributed by atoms with E-state index < -0.39 is 0 Å². The molecule has 4 nitrogen and oxygen atoms in total. The second-order valence-electron chi connectivity index (χ2n) is 4.82. The van der Waals surface area contributed by atoms with Crippen LogP contribution in [0.2, 0.25) is 0 Å². The van der Waals surface area contributed by atoms with Crippen LogP contribution in [-0.2, 0) is 13.0 Å². The van der Waals surface area contributed by atoms with Crippen LogP contribution in [0, 0.1) is 13.8 Å². The number of aliphatic imine (C=N–C) groups is 1. The van der Waals surface area contributed by atoms with E-state index in [-0.39, 0.29) is 0 Å². The summed E-state index contributed by atoms with van der Waals surface area (Å²) in [5, 5.41) is 3.11. The smallest absolute Gasteiger partial charge is 0.193 e. The molecule has 0 aliphatic rings. The van der Waals surface area contributed by atoms with Gasteiger partial charge in [0.2, 0.25) is 0 Å². The van der Waals surface area contributed by atoms with E-state index in [1.807, 2.05) is 32.0 Å². The van der Waals surface area contributed by atoms with Gasteiger partial charge in [0, 0.05) is 11.3 Å². The average Bonchev–Trinajstić information content (AvgIpc) is 2.75. The van der Waals surface area contributed by atoms with Crippen LogP contribution in [-0.4, -0.2) is 5.96 Å². The van der Waals surface area contributed by atoms with E-state index >= 15 is 0 Å². The monoisotopic (exact) mass is 271 g/mol. The molecule has 106 valence electrons. The lowest BCUT2D eigenvalue weighted by Gasteiger charge is -2.07. The summed E-state index contributed by atoms with van der Waals surface area (Å²) in [5.74, 6) is 2.21. The fraction of sp³-hybridized carbons (Fsp3) is 0.312. The minimum Gasteiger partial charge on any atom is -0.466 e. The van der Waals surface area contributed by atoms with Gasteiger partial charge in [0.1, 0.15) is 11.5 Å². The van der Waals surface area contributed by atoms with Gasteiger partial charge >= 0.3 is 0 Å². The van der Waals surface area contributed by atoms with Gasteiger partial charge in [-0.2, -0.15) is 0 Å². The Morgan fingerprint density at radius 2 is 2.10 bits per heavy atom. The van der Waals surface area contributed by atoms with E-state index in [0.717, 1.165) is 29.2 Å². The van der Waals surface area contributed by atoms with Crippen LogP contribution in [0.3, 0.4) is 0 Å². The lowest BCUT2D eigenvalue weighted by molar-refractivity contribution is 0.501. The molecule has 0 fully saturated rings. The van der Waals surface area contributed by atoms with Crippen LogP contribution in [0.15, 0.2) is 39.7 Å². The molecule has 0 saturated heterocycles. The quantitative estimate of drug-likeness (QED) is 0.662. The van der Waals surface area contributed by atoms with E-state index in [2.05, 4.69) is 29.4 Å². The molecule has 20 heavy (non-hydrogen) atoms. The molecule has 0 spiro atoms. The summed E-state index contributed by atoms with van der Waals surface area (Å²) in [6.45, 7) is 6.51. The lowest BCUT2D eigenvalue weighted by Crippen LogP contribution is -2.22. The second kappa shape index (κ2) is 6.28. The highest BCUT2D eigenvalue weighted by atomic mass is 16.3. The van der Waals surface area contributed by atoms with Crippen molar-refractivity contribution in [2.45, 2.75) is 33.7 Å². The molecule has 0 aliphatic heterocycles. The Balaban J connectivity index is 2.02. The molecule has 2 aromatic rings. The van der Waals surface area contributed by atoms with Crippen LogP contribution in [0.4, 0.5) is 5.69 Å². The number of aryl methyl sites for hydroxylation is 3. The van der Waals surface area contributed by atoms with Crippen molar-refractivity contribution < 1.29 is 4.42 Å². The molecule has 1 aromatic carbocycles. The topological polar surface area (TPSA) is 63.5 Å². The van der Waals surface area contributed by atoms with E-state index in [1.165, 1.54) is 5.56 Å². The van der Waals surface area contributed by atoms with Gasteiger partial charge in [0.25, 0.3) is 0 Å². The van der Waals surface area contributed by atoms with Crippen LogP contribution < -0.4 is 11.1 Å². The number of nitrogens with zero attached hydrogens (tertiary/aromatic N) is 1. The van der Waals surface area contributed by atoms with Gasteiger partial charge in [-0.25, -0.2) is 4.99 Å². The lowest BCUT2D eigenvalue weighted by atomic mass is 10.1. The van der Waals surface area contributed by atoms with E-state index in [1.54, 1.807) is 0 Å². The Labute approximate surface area is 119 Å². The standard InChI is InChI=1S/C16H21N3O/c1-4-13-6-5-7-15(9-13)19-16(17)18-10-14-8-11(2)20-12(14)3/h5-9H,4,10H2,1-3H3,(H3,17,18,19). The van der Waals surface area contributed by atoms with Gasteiger partial charge in [0.15, 0.2) is 5.96 Å². The predicted molar refractivity (Wildman–Crippen MR) is 83.0 cm³/mol. The summed E-state index contributed by atoms with van der Waals surface area (Å²) in [4.78, 5) is 4.34. The summed E-state index contributed by atoms with van der Waals surface area (Å²) in [6, 6.07) is 10.2. The van der Waals surface area contributed by atoms with Gasteiger partial charge in [-0.05, 0) is 44.0 Å². The number of nitrogens with two attached hydrogens (primary N) is 1. The van der Waals surface area contributed by atoms with Crippen LogP contribution in [0.25, 0.3) is 0 Å². The van der Waals surface area contributed by atoms with E-state index in [9.17, 15) is 0 Å². The molecule has 4 heteroatoms. The van der Waals surface area contributed by atoms with Crippen molar-refractivity contribution in [1.29, 1.82) is 0 Å².